The van der Waals surface area contributed by atoms with Gasteiger partial charge in [-0.3, -0.25) is 0 Å². The monoisotopic (exact) mass is 237 g/mol. The fourth-order valence-electron chi connectivity index (χ4n) is 1.12. The van der Waals surface area contributed by atoms with Gasteiger partial charge in [-0.05, 0) is 36.3 Å². The Morgan fingerprint density at radius 1 is 1.29 bits per heavy atom. The number of ether oxygens (including phenoxy) is 2. The molecule has 0 amide bonds. The highest BCUT2D eigenvalue weighted by Gasteiger charge is 2.04. The van der Waals surface area contributed by atoms with Crippen LogP contribution in [0.25, 0.3) is 0 Å². The molecule has 0 saturated heterocycles. The van der Waals surface area contributed by atoms with Crippen LogP contribution in [0.2, 0.25) is 0 Å². The molecule has 0 fully saturated rings. The normalized spacial score (nSPS) is 10.9. The molecule has 0 atom stereocenters. The molecule has 1 aromatic carbocycles. The Labute approximate surface area is 100.0 Å². The minimum absolute atomic E-state index is 0.384. The van der Waals surface area contributed by atoms with E-state index in [0.29, 0.717) is 23.8 Å². The molecule has 0 bridgehead atoms. The van der Waals surface area contributed by atoms with Gasteiger partial charge in [-0.1, -0.05) is 0 Å². The van der Waals surface area contributed by atoms with E-state index >= 15 is 0 Å². The van der Waals surface area contributed by atoms with E-state index < -0.39 is 0 Å². The van der Waals surface area contributed by atoms with Gasteiger partial charge in [-0.15, -0.1) is 0 Å². The SMILES string of the molecule is CCOC(C)=NOc1ccc(C(=O)OC)cc1. The lowest BCUT2D eigenvalue weighted by Crippen LogP contribution is -2.02. The maximum absolute atomic E-state index is 11.2. The van der Waals surface area contributed by atoms with Crippen molar-refractivity contribution >= 4 is 11.9 Å². The lowest BCUT2D eigenvalue weighted by Gasteiger charge is -2.03. The summed E-state index contributed by atoms with van der Waals surface area (Å²) >= 11 is 0. The Hall–Kier alpha value is -2.04. The Balaban J connectivity index is 2.62. The molecule has 0 unspecified atom stereocenters. The van der Waals surface area contributed by atoms with Crippen LogP contribution in [-0.4, -0.2) is 25.6 Å². The van der Waals surface area contributed by atoms with Gasteiger partial charge in [0, 0.05) is 6.92 Å². The quantitative estimate of drug-likeness (QED) is 0.349. The van der Waals surface area contributed by atoms with E-state index in [-0.39, 0.29) is 5.97 Å². The van der Waals surface area contributed by atoms with Crippen LogP contribution < -0.4 is 4.84 Å². The Morgan fingerprint density at radius 2 is 1.94 bits per heavy atom. The summed E-state index contributed by atoms with van der Waals surface area (Å²) in [6, 6.07) is 6.48. The zero-order valence-corrected chi connectivity index (χ0v) is 10.1. The van der Waals surface area contributed by atoms with Crippen molar-refractivity contribution in [3.63, 3.8) is 0 Å². The number of hydrogen-bond donors (Lipinski definition) is 0. The predicted molar refractivity (Wildman–Crippen MR) is 63.1 cm³/mol. The van der Waals surface area contributed by atoms with Crippen LogP contribution in [-0.2, 0) is 9.47 Å². The molecule has 1 aromatic rings. The number of carbonyl (C=O) groups is 1. The van der Waals surface area contributed by atoms with Gasteiger partial charge in [0.1, 0.15) is 0 Å². The summed E-state index contributed by atoms with van der Waals surface area (Å²) in [5.74, 6) is 0.590. The topological polar surface area (TPSA) is 57.1 Å². The van der Waals surface area contributed by atoms with Crippen molar-refractivity contribution in [2.45, 2.75) is 13.8 Å². The highest BCUT2D eigenvalue weighted by molar-refractivity contribution is 5.89. The van der Waals surface area contributed by atoms with Crippen molar-refractivity contribution in [3.8, 4) is 5.75 Å². The predicted octanol–water partition coefficient (Wildman–Crippen LogP) is 2.22. The van der Waals surface area contributed by atoms with Crippen LogP contribution >= 0.6 is 0 Å². The summed E-state index contributed by atoms with van der Waals surface area (Å²) in [6.45, 7) is 4.11. The molecule has 0 aliphatic rings. The van der Waals surface area contributed by atoms with Crippen molar-refractivity contribution < 1.29 is 19.1 Å². The fourth-order valence-corrected chi connectivity index (χ4v) is 1.12. The first-order valence-electron chi connectivity index (χ1n) is 5.20. The highest BCUT2D eigenvalue weighted by Crippen LogP contribution is 2.13. The maximum Gasteiger partial charge on any atom is 0.337 e. The summed E-state index contributed by atoms with van der Waals surface area (Å²) in [5, 5.41) is 3.76. The van der Waals surface area contributed by atoms with Crippen LogP contribution in [0.1, 0.15) is 24.2 Å². The number of methoxy groups -OCH3 is 1. The molecule has 0 saturated carbocycles. The number of hydrogen-bond acceptors (Lipinski definition) is 5. The van der Waals surface area contributed by atoms with Crippen LogP contribution in [0.5, 0.6) is 5.75 Å². The number of carbonyl (C=O) groups excluding carboxylic acids is 1. The van der Waals surface area contributed by atoms with Gasteiger partial charge in [-0.25, -0.2) is 4.79 Å². The van der Waals surface area contributed by atoms with E-state index in [0.717, 1.165) is 0 Å². The number of esters is 1. The zero-order chi connectivity index (χ0) is 12.7. The van der Waals surface area contributed by atoms with Gasteiger partial charge >= 0.3 is 5.97 Å². The standard InChI is InChI=1S/C12H15NO4/c1-4-16-9(2)13-17-11-7-5-10(6-8-11)12(14)15-3/h5-8H,4H2,1-3H3. The molecule has 0 radical (unpaired) electrons. The Kier molecular flexibility index (Phi) is 5.00. The number of rotatable bonds is 4. The number of oxime groups is 1. The van der Waals surface area contributed by atoms with Gasteiger partial charge < -0.3 is 14.3 Å². The molecule has 0 spiro atoms. The summed E-state index contributed by atoms with van der Waals surface area (Å²) in [7, 11) is 1.34. The van der Waals surface area contributed by atoms with Gasteiger partial charge in [-0.2, -0.15) is 0 Å². The van der Waals surface area contributed by atoms with E-state index in [1.807, 2.05) is 6.92 Å². The van der Waals surface area contributed by atoms with Crippen LogP contribution in [0.15, 0.2) is 29.4 Å². The van der Waals surface area contributed by atoms with Crippen LogP contribution in [0, 0.1) is 0 Å². The summed E-state index contributed by atoms with van der Waals surface area (Å²) in [4.78, 5) is 16.3. The van der Waals surface area contributed by atoms with Crippen LogP contribution in [0.4, 0.5) is 0 Å². The van der Waals surface area contributed by atoms with Crippen molar-refractivity contribution in [1.82, 2.24) is 0 Å². The second kappa shape index (κ2) is 6.52. The van der Waals surface area contributed by atoms with E-state index in [1.54, 1.807) is 31.2 Å². The second-order valence-corrected chi connectivity index (χ2v) is 3.15. The summed E-state index contributed by atoms with van der Waals surface area (Å²) in [5.41, 5.74) is 0.463. The zero-order valence-electron chi connectivity index (χ0n) is 10.1. The maximum atomic E-state index is 11.2. The molecule has 5 heteroatoms. The van der Waals surface area contributed by atoms with Gasteiger partial charge in [0.05, 0.1) is 19.3 Å². The Morgan fingerprint density at radius 3 is 2.47 bits per heavy atom. The van der Waals surface area contributed by atoms with E-state index in [9.17, 15) is 4.79 Å². The molecule has 0 aliphatic heterocycles. The van der Waals surface area contributed by atoms with E-state index in [4.69, 9.17) is 9.57 Å². The first-order chi connectivity index (χ1) is 8.17. The number of benzene rings is 1. The van der Waals surface area contributed by atoms with Gasteiger partial charge in [0.2, 0.25) is 5.90 Å². The largest absolute Gasteiger partial charge is 0.479 e. The highest BCUT2D eigenvalue weighted by atomic mass is 16.6. The third kappa shape index (κ3) is 4.14. The molecular formula is C12H15NO4. The molecule has 0 aromatic heterocycles. The smallest absolute Gasteiger partial charge is 0.337 e. The Bertz CT molecular complexity index is 397. The fraction of sp³-hybridized carbons (Fsp3) is 0.333. The third-order valence-corrected chi connectivity index (χ3v) is 1.91. The van der Waals surface area contributed by atoms with Gasteiger partial charge in [0.25, 0.3) is 0 Å². The van der Waals surface area contributed by atoms with E-state index in [1.165, 1.54) is 7.11 Å². The molecule has 0 heterocycles. The average Bonchev–Trinajstić information content (AvgIpc) is 2.36. The first kappa shape index (κ1) is 13.0. The minimum Gasteiger partial charge on any atom is -0.479 e. The molecule has 0 N–H and O–H groups in total. The summed E-state index contributed by atoms with van der Waals surface area (Å²) in [6.07, 6.45) is 0. The van der Waals surface area contributed by atoms with Crippen molar-refractivity contribution in [2.75, 3.05) is 13.7 Å². The van der Waals surface area contributed by atoms with Crippen LogP contribution in [0.3, 0.4) is 0 Å². The molecule has 0 aliphatic carbocycles. The average molecular weight is 237 g/mol. The summed E-state index contributed by atoms with van der Waals surface area (Å²) < 4.78 is 9.67. The molecule has 92 valence electrons. The van der Waals surface area contributed by atoms with Crippen molar-refractivity contribution in [3.05, 3.63) is 29.8 Å². The molecular weight excluding hydrogens is 222 g/mol. The van der Waals surface area contributed by atoms with Gasteiger partial charge in [0.15, 0.2) is 5.75 Å². The van der Waals surface area contributed by atoms with Crippen molar-refractivity contribution in [1.29, 1.82) is 0 Å². The third-order valence-electron chi connectivity index (χ3n) is 1.91. The first-order valence-corrected chi connectivity index (χ1v) is 5.20. The minimum atomic E-state index is -0.384. The molecule has 17 heavy (non-hydrogen) atoms. The second-order valence-electron chi connectivity index (χ2n) is 3.15. The van der Waals surface area contributed by atoms with E-state index in [2.05, 4.69) is 9.89 Å². The molecule has 5 nitrogen and oxygen atoms in total. The molecule has 1 rings (SSSR count). The lowest BCUT2D eigenvalue weighted by molar-refractivity contribution is 0.0600. The lowest BCUT2D eigenvalue weighted by atomic mass is 10.2. The number of nitrogens with zero attached hydrogens (tertiary/aromatic N) is 1. The van der Waals surface area contributed by atoms with Crippen molar-refractivity contribution in [2.24, 2.45) is 5.16 Å².